The molecule has 22 heavy (non-hydrogen) atoms. The molecule has 130 valence electrons. The van der Waals surface area contributed by atoms with Crippen LogP contribution >= 0.6 is 0 Å². The lowest BCUT2D eigenvalue weighted by molar-refractivity contribution is -0.193. The molecule has 0 aromatic rings. The van der Waals surface area contributed by atoms with Crippen LogP contribution < -0.4 is 0 Å². The molecule has 0 N–H and O–H groups in total. The van der Waals surface area contributed by atoms with E-state index in [1.165, 1.54) is 0 Å². The van der Waals surface area contributed by atoms with E-state index < -0.39 is 47.5 Å². The molecule has 0 heterocycles. The van der Waals surface area contributed by atoms with Crippen molar-refractivity contribution >= 4 is 0 Å². The molecular weight excluding hydrogens is 362 g/mol. The highest BCUT2D eigenvalue weighted by molar-refractivity contribution is 5.26. The van der Waals surface area contributed by atoms with Crippen LogP contribution in [0.5, 0.6) is 0 Å². The van der Waals surface area contributed by atoms with Gasteiger partial charge in [-0.2, -0.15) is 52.7 Å². The van der Waals surface area contributed by atoms with Crippen LogP contribution in [0, 0.1) is 0 Å². The second-order valence-electron chi connectivity index (χ2n) is 3.40. The Morgan fingerprint density at radius 1 is 0.364 bits per heavy atom. The quantitative estimate of drug-likeness (QED) is 0.567. The molecular formula is C8F14. The summed E-state index contributed by atoms with van der Waals surface area (Å²) in [5.74, 6) is -32.3. The highest BCUT2D eigenvalue weighted by atomic mass is 19.4. The van der Waals surface area contributed by atoms with Crippen molar-refractivity contribution in [1.82, 2.24) is 0 Å². The Balaban J connectivity index is 6.22. The maximum absolute atomic E-state index is 12.6. The summed E-state index contributed by atoms with van der Waals surface area (Å²) in [6.07, 6.45) is -13.1. The number of alkyl halides is 10. The van der Waals surface area contributed by atoms with Gasteiger partial charge in [-0.1, -0.05) is 0 Å². The third-order valence-corrected chi connectivity index (χ3v) is 1.83. The van der Waals surface area contributed by atoms with Gasteiger partial charge in [0.15, 0.2) is 0 Å². The zero-order chi connectivity index (χ0) is 18.3. The fourth-order valence-corrected chi connectivity index (χ4v) is 0.800. The van der Waals surface area contributed by atoms with Crippen molar-refractivity contribution in [2.24, 2.45) is 0 Å². The van der Waals surface area contributed by atoms with Crippen molar-refractivity contribution in [3.05, 3.63) is 23.3 Å². The fourth-order valence-electron chi connectivity index (χ4n) is 0.800. The molecule has 0 nitrogen and oxygen atoms in total. The minimum absolute atomic E-state index is 4.45. The van der Waals surface area contributed by atoms with Crippen molar-refractivity contribution in [2.45, 2.75) is 24.2 Å². The zero-order valence-electron chi connectivity index (χ0n) is 9.29. The van der Waals surface area contributed by atoms with Gasteiger partial charge in [0.2, 0.25) is 23.3 Å². The van der Waals surface area contributed by atoms with Crippen LogP contribution in [0.4, 0.5) is 61.5 Å². The highest BCUT2D eigenvalue weighted by Gasteiger charge is 2.67. The smallest absolute Gasteiger partial charge is 0.202 e. The van der Waals surface area contributed by atoms with Crippen molar-refractivity contribution < 1.29 is 61.5 Å². The number of hydrogen-bond donors (Lipinski definition) is 0. The second-order valence-corrected chi connectivity index (χ2v) is 3.40. The highest BCUT2D eigenvalue weighted by Crippen LogP contribution is 2.50. The van der Waals surface area contributed by atoms with Crippen LogP contribution in [0.3, 0.4) is 0 Å². The summed E-state index contributed by atoms with van der Waals surface area (Å²) in [6.45, 7) is 0. The van der Waals surface area contributed by atoms with E-state index in [0.717, 1.165) is 0 Å². The first-order chi connectivity index (χ1) is 9.38. The minimum atomic E-state index is -7.08. The van der Waals surface area contributed by atoms with E-state index in [1.54, 1.807) is 0 Å². The molecule has 0 aromatic heterocycles. The Morgan fingerprint density at radius 3 is 0.682 bits per heavy atom. The lowest BCUT2D eigenvalue weighted by Gasteiger charge is -2.24. The van der Waals surface area contributed by atoms with Gasteiger partial charge < -0.3 is 0 Å². The fraction of sp³-hybridized carbons (Fsp3) is 0.500. The predicted molar refractivity (Wildman–Crippen MR) is 40.5 cm³/mol. The average molecular weight is 362 g/mol. The van der Waals surface area contributed by atoms with Crippen LogP contribution in [0.25, 0.3) is 0 Å². The molecule has 0 aromatic carbocycles. The maximum Gasteiger partial charge on any atom is 0.445 e. The number of halogens is 14. The van der Waals surface area contributed by atoms with Crippen molar-refractivity contribution in [1.29, 1.82) is 0 Å². The normalized spacial score (nSPS) is 17.2. The van der Waals surface area contributed by atoms with Gasteiger partial charge in [0.05, 0.1) is 0 Å². The summed E-state index contributed by atoms with van der Waals surface area (Å²) in [6, 6.07) is 0. The van der Waals surface area contributed by atoms with Crippen LogP contribution in [-0.2, 0) is 0 Å². The summed E-state index contributed by atoms with van der Waals surface area (Å²) in [5.41, 5.74) is 0. The topological polar surface area (TPSA) is 0 Å². The van der Waals surface area contributed by atoms with Crippen LogP contribution in [0.1, 0.15) is 0 Å². The van der Waals surface area contributed by atoms with Gasteiger partial charge in [-0.25, -0.2) is 8.78 Å². The van der Waals surface area contributed by atoms with Gasteiger partial charge in [-0.15, -0.1) is 0 Å². The van der Waals surface area contributed by atoms with Gasteiger partial charge in [-0.05, 0) is 0 Å². The Hall–Kier alpha value is -1.50. The minimum Gasteiger partial charge on any atom is -0.202 e. The first-order valence-corrected chi connectivity index (χ1v) is 4.40. The van der Waals surface area contributed by atoms with Gasteiger partial charge in [-0.3, -0.25) is 0 Å². The monoisotopic (exact) mass is 362 g/mol. The molecule has 0 rings (SSSR count). The van der Waals surface area contributed by atoms with Crippen LogP contribution in [0.15, 0.2) is 23.3 Å². The van der Waals surface area contributed by atoms with E-state index in [4.69, 9.17) is 0 Å². The third-order valence-electron chi connectivity index (χ3n) is 1.83. The molecule has 0 fully saturated rings. The molecule has 0 unspecified atom stereocenters. The molecule has 0 aliphatic heterocycles. The van der Waals surface area contributed by atoms with Crippen molar-refractivity contribution in [2.75, 3.05) is 0 Å². The maximum atomic E-state index is 12.6. The summed E-state index contributed by atoms with van der Waals surface area (Å²) in [4.78, 5) is 0. The average Bonchev–Trinajstić information content (AvgIpc) is 2.32. The lowest BCUT2D eigenvalue weighted by atomic mass is 10.1. The molecule has 0 aliphatic carbocycles. The van der Waals surface area contributed by atoms with Gasteiger partial charge >= 0.3 is 24.2 Å². The molecule has 14 heteroatoms. The SMILES string of the molecule is F/C(=C(/F)C(F)(F)C(F)(F)/C(F)=C(\F)C(F)(F)F)C(F)(F)F. The largest absolute Gasteiger partial charge is 0.445 e. The van der Waals surface area contributed by atoms with Gasteiger partial charge in [0, 0.05) is 0 Å². The van der Waals surface area contributed by atoms with E-state index >= 15 is 0 Å². The Kier molecular flexibility index (Phi) is 5.22. The number of allylic oxidation sites excluding steroid dienone is 4. The van der Waals surface area contributed by atoms with E-state index in [1.807, 2.05) is 0 Å². The van der Waals surface area contributed by atoms with E-state index in [0.29, 0.717) is 0 Å². The first kappa shape index (κ1) is 20.5. The summed E-state index contributed by atoms with van der Waals surface area (Å²) >= 11 is 0. The molecule has 0 spiro atoms. The van der Waals surface area contributed by atoms with Crippen molar-refractivity contribution in [3.8, 4) is 0 Å². The molecule has 0 atom stereocenters. The Bertz CT molecular complexity index is 440. The Labute approximate surface area is 110 Å². The second kappa shape index (κ2) is 5.61. The molecule has 0 saturated heterocycles. The molecule has 0 radical (unpaired) electrons. The Morgan fingerprint density at radius 2 is 0.545 bits per heavy atom. The predicted octanol–water partition coefficient (Wildman–Crippen LogP) is 5.68. The molecule has 0 saturated carbocycles. The number of rotatable bonds is 3. The first-order valence-electron chi connectivity index (χ1n) is 4.40. The van der Waals surface area contributed by atoms with Crippen molar-refractivity contribution in [3.63, 3.8) is 0 Å². The lowest BCUT2D eigenvalue weighted by Crippen LogP contribution is -2.43. The van der Waals surface area contributed by atoms with Crippen LogP contribution in [0.2, 0.25) is 0 Å². The molecule has 0 aliphatic rings. The van der Waals surface area contributed by atoms with E-state index in [9.17, 15) is 61.5 Å². The molecule has 0 amide bonds. The number of hydrogen-bond acceptors (Lipinski definition) is 0. The summed E-state index contributed by atoms with van der Waals surface area (Å²) < 4.78 is 169. The van der Waals surface area contributed by atoms with Gasteiger partial charge in [0.1, 0.15) is 0 Å². The summed E-state index contributed by atoms with van der Waals surface area (Å²) in [5, 5.41) is 0. The van der Waals surface area contributed by atoms with Crippen LogP contribution in [-0.4, -0.2) is 24.2 Å². The molecule has 0 bridgehead atoms. The zero-order valence-corrected chi connectivity index (χ0v) is 9.29. The standard InChI is InChI=1S/C8F14/c9-1(3(11)7(17,18)19)5(13,14)6(15,16)2(10)4(12)8(20,21)22/b3-1+,4-2+. The van der Waals surface area contributed by atoms with E-state index in [-0.39, 0.29) is 0 Å². The van der Waals surface area contributed by atoms with Gasteiger partial charge in [0.25, 0.3) is 0 Å². The third kappa shape index (κ3) is 3.63. The summed E-state index contributed by atoms with van der Waals surface area (Å²) in [7, 11) is 0. The van der Waals surface area contributed by atoms with E-state index in [2.05, 4.69) is 0 Å².